The van der Waals surface area contributed by atoms with Crippen LogP contribution in [-0.2, 0) is 13.2 Å². The maximum Gasteiger partial charge on any atom is 0.264 e. The number of hydrogen-bond acceptors (Lipinski definition) is 5. The van der Waals surface area contributed by atoms with Crippen molar-refractivity contribution in [1.82, 2.24) is 15.5 Å². The molecular formula is C14H16ClN3O2. The van der Waals surface area contributed by atoms with Crippen molar-refractivity contribution in [2.24, 2.45) is 0 Å². The molecule has 106 valence electrons. The summed E-state index contributed by atoms with van der Waals surface area (Å²) >= 11 is 6.21. The molecule has 1 aromatic heterocycles. The Balaban J connectivity index is 1.69. The number of rotatable bonds is 6. The van der Waals surface area contributed by atoms with Gasteiger partial charge in [-0.1, -0.05) is 28.9 Å². The topological polar surface area (TPSA) is 60.2 Å². The van der Waals surface area contributed by atoms with E-state index in [1.165, 1.54) is 12.8 Å². The molecule has 0 unspecified atom stereocenters. The molecular weight excluding hydrogens is 278 g/mol. The monoisotopic (exact) mass is 293 g/mol. The first-order valence-corrected chi connectivity index (χ1v) is 7.03. The molecule has 0 radical (unpaired) electrons. The number of ether oxygens (including phenoxy) is 1. The van der Waals surface area contributed by atoms with Gasteiger partial charge in [-0.25, -0.2) is 0 Å². The number of aromatic nitrogens is 2. The highest BCUT2D eigenvalue weighted by molar-refractivity contribution is 6.32. The van der Waals surface area contributed by atoms with E-state index < -0.39 is 0 Å². The van der Waals surface area contributed by atoms with Crippen LogP contribution in [0.4, 0.5) is 0 Å². The Kier molecular flexibility index (Phi) is 3.89. The van der Waals surface area contributed by atoms with Crippen LogP contribution in [0.5, 0.6) is 5.75 Å². The van der Waals surface area contributed by atoms with Crippen molar-refractivity contribution in [2.45, 2.75) is 39.0 Å². The van der Waals surface area contributed by atoms with Gasteiger partial charge in [-0.05, 0) is 25.8 Å². The van der Waals surface area contributed by atoms with Crippen molar-refractivity contribution < 1.29 is 9.26 Å². The first kappa shape index (κ1) is 13.4. The molecule has 1 aliphatic carbocycles. The van der Waals surface area contributed by atoms with Gasteiger partial charge in [0.1, 0.15) is 5.75 Å². The van der Waals surface area contributed by atoms with Gasteiger partial charge in [0.05, 0.1) is 5.02 Å². The van der Waals surface area contributed by atoms with E-state index in [2.05, 4.69) is 15.5 Å². The molecule has 0 aliphatic heterocycles. The highest BCUT2D eigenvalue weighted by Crippen LogP contribution is 2.30. The molecule has 1 heterocycles. The van der Waals surface area contributed by atoms with E-state index in [1.54, 1.807) is 6.92 Å². The molecule has 1 aromatic carbocycles. The number of benzene rings is 1. The fourth-order valence-corrected chi connectivity index (χ4v) is 2.18. The zero-order chi connectivity index (χ0) is 13.9. The van der Waals surface area contributed by atoms with Gasteiger partial charge >= 0.3 is 0 Å². The third-order valence-corrected chi connectivity index (χ3v) is 3.41. The van der Waals surface area contributed by atoms with Gasteiger partial charge in [0.2, 0.25) is 0 Å². The quantitative estimate of drug-likeness (QED) is 0.887. The zero-order valence-electron chi connectivity index (χ0n) is 11.2. The number of hydrogen-bond donors (Lipinski definition) is 1. The van der Waals surface area contributed by atoms with E-state index in [4.69, 9.17) is 20.9 Å². The predicted octanol–water partition coefficient (Wildman–Crippen LogP) is 2.86. The Labute approximate surface area is 122 Å². The summed E-state index contributed by atoms with van der Waals surface area (Å²) in [6.07, 6.45) is 2.50. The Morgan fingerprint density at radius 1 is 1.45 bits per heavy atom. The second-order valence-electron chi connectivity index (χ2n) is 4.91. The van der Waals surface area contributed by atoms with Gasteiger partial charge in [0.15, 0.2) is 12.4 Å². The highest BCUT2D eigenvalue weighted by atomic mass is 35.5. The molecule has 0 bridgehead atoms. The third-order valence-electron chi connectivity index (χ3n) is 3.12. The van der Waals surface area contributed by atoms with Crippen LogP contribution in [-0.4, -0.2) is 16.2 Å². The standard InChI is InChI=1S/C14H16ClN3O2/c1-9-17-13(20-18-9)8-19-14-10(3-2-4-12(14)15)7-16-11-5-6-11/h2-4,11,16H,5-8H2,1H3. The average molecular weight is 294 g/mol. The maximum atomic E-state index is 6.21. The van der Waals surface area contributed by atoms with Crippen LogP contribution < -0.4 is 10.1 Å². The number of nitrogens with zero attached hydrogens (tertiary/aromatic N) is 2. The summed E-state index contributed by atoms with van der Waals surface area (Å²) in [5.41, 5.74) is 1.04. The molecule has 3 rings (SSSR count). The van der Waals surface area contributed by atoms with Crippen LogP contribution >= 0.6 is 11.6 Å². The van der Waals surface area contributed by atoms with Crippen molar-refractivity contribution in [2.75, 3.05) is 0 Å². The largest absolute Gasteiger partial charge is 0.482 e. The lowest BCUT2D eigenvalue weighted by Gasteiger charge is -2.12. The Hall–Kier alpha value is -1.59. The van der Waals surface area contributed by atoms with Crippen LogP contribution in [0.25, 0.3) is 0 Å². The summed E-state index contributed by atoms with van der Waals surface area (Å²) in [6.45, 7) is 2.75. The summed E-state index contributed by atoms with van der Waals surface area (Å²) in [5.74, 6) is 1.72. The van der Waals surface area contributed by atoms with Crippen molar-refractivity contribution in [3.05, 3.63) is 40.5 Å². The molecule has 0 atom stereocenters. The van der Waals surface area contributed by atoms with Gasteiger partial charge < -0.3 is 14.6 Å². The minimum atomic E-state index is 0.223. The maximum absolute atomic E-state index is 6.21. The summed E-state index contributed by atoms with van der Waals surface area (Å²) < 4.78 is 10.8. The normalized spacial score (nSPS) is 14.5. The Morgan fingerprint density at radius 3 is 3.00 bits per heavy atom. The fraction of sp³-hybridized carbons (Fsp3) is 0.429. The van der Waals surface area contributed by atoms with Crippen LogP contribution in [0, 0.1) is 6.92 Å². The molecule has 0 spiro atoms. The second-order valence-corrected chi connectivity index (χ2v) is 5.31. The van der Waals surface area contributed by atoms with E-state index >= 15 is 0 Å². The third kappa shape index (κ3) is 3.29. The van der Waals surface area contributed by atoms with E-state index in [0.29, 0.717) is 28.5 Å². The summed E-state index contributed by atoms with van der Waals surface area (Å²) in [7, 11) is 0. The minimum absolute atomic E-state index is 0.223. The molecule has 20 heavy (non-hydrogen) atoms. The van der Waals surface area contributed by atoms with E-state index in [9.17, 15) is 0 Å². The van der Waals surface area contributed by atoms with Crippen molar-refractivity contribution >= 4 is 11.6 Å². The van der Waals surface area contributed by atoms with Crippen molar-refractivity contribution in [3.8, 4) is 5.75 Å². The van der Waals surface area contributed by atoms with Gasteiger partial charge in [0.25, 0.3) is 5.89 Å². The molecule has 1 N–H and O–H groups in total. The summed E-state index contributed by atoms with van der Waals surface area (Å²) in [6, 6.07) is 6.39. The number of nitrogens with one attached hydrogen (secondary N) is 1. The van der Waals surface area contributed by atoms with Gasteiger partial charge in [-0.2, -0.15) is 4.98 Å². The Bertz CT molecular complexity index is 596. The number of para-hydroxylation sites is 1. The SMILES string of the molecule is Cc1noc(COc2c(Cl)cccc2CNC2CC2)n1. The van der Waals surface area contributed by atoms with E-state index in [1.807, 2.05) is 18.2 Å². The molecule has 2 aromatic rings. The van der Waals surface area contributed by atoms with Crippen LogP contribution in [0.1, 0.15) is 30.1 Å². The summed E-state index contributed by atoms with van der Waals surface area (Å²) in [5, 5.41) is 7.78. The first-order chi connectivity index (χ1) is 9.72. The lowest BCUT2D eigenvalue weighted by molar-refractivity contribution is 0.240. The highest BCUT2D eigenvalue weighted by Gasteiger charge is 2.21. The van der Waals surface area contributed by atoms with Gasteiger partial charge in [-0.15, -0.1) is 0 Å². The van der Waals surface area contributed by atoms with Crippen LogP contribution in [0.3, 0.4) is 0 Å². The lowest BCUT2D eigenvalue weighted by atomic mass is 10.2. The zero-order valence-corrected chi connectivity index (χ0v) is 12.0. The fourth-order valence-electron chi connectivity index (χ4n) is 1.93. The first-order valence-electron chi connectivity index (χ1n) is 6.65. The molecule has 1 aliphatic rings. The predicted molar refractivity (Wildman–Crippen MR) is 74.7 cm³/mol. The van der Waals surface area contributed by atoms with Gasteiger partial charge in [0, 0.05) is 18.2 Å². The van der Waals surface area contributed by atoms with Crippen molar-refractivity contribution in [3.63, 3.8) is 0 Å². The molecule has 0 saturated heterocycles. The van der Waals surface area contributed by atoms with Crippen molar-refractivity contribution in [1.29, 1.82) is 0 Å². The smallest absolute Gasteiger partial charge is 0.264 e. The summed E-state index contributed by atoms with van der Waals surface area (Å²) in [4.78, 5) is 4.11. The molecule has 1 saturated carbocycles. The molecule has 0 amide bonds. The van der Waals surface area contributed by atoms with Crippen LogP contribution in [0.2, 0.25) is 5.02 Å². The minimum Gasteiger partial charge on any atom is -0.482 e. The van der Waals surface area contributed by atoms with Crippen LogP contribution in [0.15, 0.2) is 22.7 Å². The number of halogens is 1. The number of aryl methyl sites for hydroxylation is 1. The molecule has 1 fully saturated rings. The average Bonchev–Trinajstić information content (AvgIpc) is 3.17. The second kappa shape index (κ2) is 5.81. The van der Waals surface area contributed by atoms with E-state index in [0.717, 1.165) is 12.1 Å². The van der Waals surface area contributed by atoms with Gasteiger partial charge in [-0.3, -0.25) is 0 Å². The van der Waals surface area contributed by atoms with E-state index in [-0.39, 0.29) is 6.61 Å². The Morgan fingerprint density at radius 2 is 2.30 bits per heavy atom. The molecule has 5 nitrogen and oxygen atoms in total. The molecule has 6 heteroatoms. The lowest BCUT2D eigenvalue weighted by Crippen LogP contribution is -2.16.